The number of thioether (sulfide) groups is 1. The monoisotopic (exact) mass is 388 g/mol. The summed E-state index contributed by atoms with van der Waals surface area (Å²) in [5.41, 5.74) is 0.887. The number of ether oxygens (including phenoxy) is 1. The molecule has 0 saturated heterocycles. The SMILES string of the molecule is CCn1c(SCC(=O)NCc2cccs2)nnc1-c1ccccc1OC. The standard InChI is InChI=1S/C18H20N4O2S2/c1-3-22-17(14-8-4-5-9-15(14)24-2)20-21-18(22)26-12-16(23)19-11-13-7-6-10-25-13/h4-10H,3,11-12H2,1-2H3,(H,19,23). The van der Waals surface area contributed by atoms with Crippen molar-refractivity contribution in [2.75, 3.05) is 12.9 Å². The van der Waals surface area contributed by atoms with E-state index in [1.165, 1.54) is 11.8 Å². The highest BCUT2D eigenvalue weighted by Crippen LogP contribution is 2.30. The highest BCUT2D eigenvalue weighted by molar-refractivity contribution is 7.99. The van der Waals surface area contributed by atoms with Gasteiger partial charge < -0.3 is 14.6 Å². The molecule has 26 heavy (non-hydrogen) atoms. The number of amides is 1. The fourth-order valence-electron chi connectivity index (χ4n) is 2.49. The average Bonchev–Trinajstić information content (AvgIpc) is 3.33. The van der Waals surface area contributed by atoms with E-state index in [2.05, 4.69) is 15.5 Å². The Balaban J connectivity index is 1.67. The molecular formula is C18H20N4O2S2. The molecule has 0 saturated carbocycles. The van der Waals surface area contributed by atoms with E-state index < -0.39 is 0 Å². The lowest BCUT2D eigenvalue weighted by Gasteiger charge is -2.10. The summed E-state index contributed by atoms with van der Waals surface area (Å²) in [6.45, 7) is 3.30. The topological polar surface area (TPSA) is 69.0 Å². The predicted molar refractivity (Wildman–Crippen MR) is 105 cm³/mol. The molecule has 0 bridgehead atoms. The van der Waals surface area contributed by atoms with Crippen LogP contribution in [0.1, 0.15) is 11.8 Å². The largest absolute Gasteiger partial charge is 0.496 e. The number of rotatable bonds is 8. The summed E-state index contributed by atoms with van der Waals surface area (Å²) in [6, 6.07) is 11.7. The Morgan fingerprint density at radius 2 is 2.12 bits per heavy atom. The average molecular weight is 389 g/mol. The number of carbonyl (C=O) groups is 1. The van der Waals surface area contributed by atoms with E-state index >= 15 is 0 Å². The van der Waals surface area contributed by atoms with E-state index in [4.69, 9.17) is 4.74 Å². The van der Waals surface area contributed by atoms with Crippen LogP contribution in [-0.2, 0) is 17.9 Å². The minimum atomic E-state index is -0.0205. The number of aromatic nitrogens is 3. The van der Waals surface area contributed by atoms with Gasteiger partial charge in [0.15, 0.2) is 11.0 Å². The van der Waals surface area contributed by atoms with Crippen LogP contribution in [0.5, 0.6) is 5.75 Å². The van der Waals surface area contributed by atoms with Crippen LogP contribution in [0.4, 0.5) is 0 Å². The molecule has 0 aliphatic heterocycles. The molecule has 1 aromatic carbocycles. The molecule has 3 rings (SSSR count). The van der Waals surface area contributed by atoms with Gasteiger partial charge in [-0.25, -0.2) is 0 Å². The van der Waals surface area contributed by atoms with Gasteiger partial charge in [0.2, 0.25) is 5.91 Å². The lowest BCUT2D eigenvalue weighted by Crippen LogP contribution is -2.24. The van der Waals surface area contributed by atoms with Crippen molar-refractivity contribution in [2.24, 2.45) is 0 Å². The molecule has 3 aromatic rings. The van der Waals surface area contributed by atoms with Crippen molar-refractivity contribution in [3.8, 4) is 17.1 Å². The van der Waals surface area contributed by atoms with E-state index in [0.29, 0.717) is 18.8 Å². The van der Waals surface area contributed by atoms with Gasteiger partial charge in [0.05, 0.1) is 25.0 Å². The van der Waals surface area contributed by atoms with Crippen molar-refractivity contribution in [3.05, 3.63) is 46.7 Å². The molecule has 0 fully saturated rings. The highest BCUT2D eigenvalue weighted by atomic mass is 32.2. The van der Waals surface area contributed by atoms with Crippen molar-refractivity contribution < 1.29 is 9.53 Å². The Labute approximate surface area is 160 Å². The Bertz CT molecular complexity index is 862. The molecule has 1 N–H and O–H groups in total. The molecule has 1 amide bonds. The molecular weight excluding hydrogens is 368 g/mol. The first-order chi connectivity index (χ1) is 12.7. The van der Waals surface area contributed by atoms with Gasteiger partial charge in [-0.3, -0.25) is 4.79 Å². The van der Waals surface area contributed by atoms with E-state index in [9.17, 15) is 4.79 Å². The van der Waals surface area contributed by atoms with Crippen LogP contribution in [0.15, 0.2) is 46.9 Å². The molecule has 0 aliphatic carbocycles. The third-order valence-electron chi connectivity index (χ3n) is 3.75. The van der Waals surface area contributed by atoms with Crippen LogP contribution in [0.2, 0.25) is 0 Å². The first-order valence-corrected chi connectivity index (χ1v) is 10.1. The van der Waals surface area contributed by atoms with Crippen molar-refractivity contribution in [2.45, 2.75) is 25.2 Å². The van der Waals surface area contributed by atoms with Gasteiger partial charge in [-0.05, 0) is 30.5 Å². The first kappa shape index (κ1) is 18.5. The van der Waals surface area contributed by atoms with Crippen LogP contribution >= 0.6 is 23.1 Å². The van der Waals surface area contributed by atoms with Gasteiger partial charge in [-0.2, -0.15) is 0 Å². The van der Waals surface area contributed by atoms with Crippen LogP contribution in [0.25, 0.3) is 11.4 Å². The molecule has 6 nitrogen and oxygen atoms in total. The molecule has 0 atom stereocenters. The number of thiophene rings is 1. The van der Waals surface area contributed by atoms with E-state index in [-0.39, 0.29) is 5.91 Å². The second-order valence-electron chi connectivity index (χ2n) is 5.40. The minimum Gasteiger partial charge on any atom is -0.496 e. The van der Waals surface area contributed by atoms with E-state index in [0.717, 1.165) is 27.2 Å². The molecule has 0 radical (unpaired) electrons. The summed E-state index contributed by atoms with van der Waals surface area (Å²) in [4.78, 5) is 13.2. The van der Waals surface area contributed by atoms with Gasteiger partial charge in [0.1, 0.15) is 5.75 Å². The molecule has 0 spiro atoms. The van der Waals surface area contributed by atoms with Crippen LogP contribution in [0.3, 0.4) is 0 Å². The number of nitrogens with zero attached hydrogens (tertiary/aromatic N) is 3. The second-order valence-corrected chi connectivity index (χ2v) is 7.37. The van der Waals surface area contributed by atoms with E-state index in [1.54, 1.807) is 18.4 Å². The lowest BCUT2D eigenvalue weighted by molar-refractivity contribution is -0.118. The zero-order valence-corrected chi connectivity index (χ0v) is 16.3. The number of nitrogens with one attached hydrogen (secondary N) is 1. The number of hydrogen-bond acceptors (Lipinski definition) is 6. The maximum absolute atomic E-state index is 12.1. The summed E-state index contributed by atoms with van der Waals surface area (Å²) < 4.78 is 7.42. The third-order valence-corrected chi connectivity index (χ3v) is 5.60. The summed E-state index contributed by atoms with van der Waals surface area (Å²) in [5, 5.41) is 14.2. The molecule has 0 aliphatic rings. The molecule has 2 heterocycles. The van der Waals surface area contributed by atoms with E-state index in [1.807, 2.05) is 53.3 Å². The zero-order valence-electron chi connectivity index (χ0n) is 14.6. The van der Waals surface area contributed by atoms with Crippen LogP contribution < -0.4 is 10.1 Å². The van der Waals surface area contributed by atoms with Crippen LogP contribution in [0, 0.1) is 0 Å². The minimum absolute atomic E-state index is 0.0205. The Morgan fingerprint density at radius 1 is 1.27 bits per heavy atom. The Hall–Kier alpha value is -2.32. The molecule has 0 unspecified atom stereocenters. The number of methoxy groups -OCH3 is 1. The maximum Gasteiger partial charge on any atom is 0.230 e. The summed E-state index contributed by atoms with van der Waals surface area (Å²) in [7, 11) is 1.64. The quantitative estimate of drug-likeness (QED) is 0.599. The zero-order chi connectivity index (χ0) is 18.4. The fourth-order valence-corrected chi connectivity index (χ4v) is 3.97. The third kappa shape index (κ3) is 4.25. The summed E-state index contributed by atoms with van der Waals surface area (Å²) >= 11 is 3.02. The van der Waals surface area contributed by atoms with Gasteiger partial charge in [-0.1, -0.05) is 30.0 Å². The number of para-hydroxylation sites is 1. The molecule has 2 aromatic heterocycles. The fraction of sp³-hybridized carbons (Fsp3) is 0.278. The molecule has 136 valence electrons. The lowest BCUT2D eigenvalue weighted by atomic mass is 10.2. The van der Waals surface area contributed by atoms with Gasteiger partial charge in [0.25, 0.3) is 0 Å². The summed E-state index contributed by atoms with van der Waals surface area (Å²) in [6.07, 6.45) is 0. The summed E-state index contributed by atoms with van der Waals surface area (Å²) in [5.74, 6) is 1.77. The van der Waals surface area contributed by atoms with Crippen molar-refractivity contribution in [1.29, 1.82) is 0 Å². The van der Waals surface area contributed by atoms with Gasteiger partial charge in [0, 0.05) is 11.4 Å². The Kier molecular flexibility index (Phi) is 6.30. The normalized spacial score (nSPS) is 10.7. The second kappa shape index (κ2) is 8.86. The van der Waals surface area contributed by atoms with Crippen molar-refractivity contribution >= 4 is 29.0 Å². The first-order valence-electron chi connectivity index (χ1n) is 8.21. The number of carbonyl (C=O) groups excluding carboxylic acids is 1. The van der Waals surface area contributed by atoms with Gasteiger partial charge >= 0.3 is 0 Å². The molecule has 8 heteroatoms. The van der Waals surface area contributed by atoms with Crippen molar-refractivity contribution in [3.63, 3.8) is 0 Å². The van der Waals surface area contributed by atoms with Crippen LogP contribution in [-0.4, -0.2) is 33.5 Å². The predicted octanol–water partition coefficient (Wildman–Crippen LogP) is 3.44. The highest BCUT2D eigenvalue weighted by Gasteiger charge is 2.17. The smallest absolute Gasteiger partial charge is 0.230 e. The number of hydrogen-bond donors (Lipinski definition) is 1. The maximum atomic E-state index is 12.1. The Morgan fingerprint density at radius 3 is 2.85 bits per heavy atom. The number of benzene rings is 1. The van der Waals surface area contributed by atoms with Gasteiger partial charge in [-0.15, -0.1) is 21.5 Å². The van der Waals surface area contributed by atoms with Crippen molar-refractivity contribution in [1.82, 2.24) is 20.1 Å².